The smallest absolute Gasteiger partial charge is 0.324 e. The van der Waals surface area contributed by atoms with E-state index < -0.39 is 25.0 Å². The predicted octanol–water partition coefficient (Wildman–Crippen LogP) is -2.22. The van der Waals surface area contributed by atoms with Crippen LogP contribution in [0.4, 0.5) is 0 Å². The Morgan fingerprint density at radius 2 is 1.67 bits per heavy atom. The minimum atomic E-state index is -4.17. The van der Waals surface area contributed by atoms with Crippen LogP contribution in [0, 0.1) is 5.41 Å². The van der Waals surface area contributed by atoms with Crippen molar-refractivity contribution in [3.8, 4) is 0 Å². The molecule has 0 heterocycles. The van der Waals surface area contributed by atoms with E-state index in [0.717, 1.165) is 0 Å². The molecule has 0 radical (unpaired) electrons. The van der Waals surface area contributed by atoms with E-state index in [0.29, 0.717) is 0 Å². The van der Waals surface area contributed by atoms with Crippen molar-refractivity contribution in [3.05, 3.63) is 0 Å². The van der Waals surface area contributed by atoms with Crippen molar-refractivity contribution in [2.24, 2.45) is 5.41 Å². The number of carbonyl (C=O) groups is 1. The zero-order valence-corrected chi connectivity index (χ0v) is 10.8. The Morgan fingerprint density at radius 1 is 1.33 bits per heavy atom. The van der Waals surface area contributed by atoms with Crippen LogP contribution in [0.1, 0.15) is 20.8 Å². The van der Waals surface area contributed by atoms with Gasteiger partial charge in [-0.1, -0.05) is 20.8 Å². The maximum Gasteiger partial charge on any atom is 1.00 e. The molecule has 12 heavy (non-hydrogen) atoms. The second-order valence-electron chi connectivity index (χ2n) is 3.50. The van der Waals surface area contributed by atoms with Gasteiger partial charge in [-0.25, -0.2) is 0 Å². The first-order chi connectivity index (χ1) is 4.63. The molecule has 0 aliphatic carbocycles. The molecule has 0 spiro atoms. The van der Waals surface area contributed by atoms with Crippen molar-refractivity contribution in [2.45, 2.75) is 20.8 Å². The summed E-state index contributed by atoms with van der Waals surface area (Å²) in [4.78, 5) is 27.9. The molecule has 0 saturated heterocycles. The summed E-state index contributed by atoms with van der Waals surface area (Å²) < 4.78 is 10.4. The molecule has 0 amide bonds. The average Bonchev–Trinajstić information content (AvgIpc) is 1.56. The zero-order chi connectivity index (χ0) is 9.28. The van der Waals surface area contributed by atoms with Crippen LogP contribution < -0.4 is 29.6 Å². The summed E-state index contributed by atoms with van der Waals surface area (Å²) in [6.07, 6.45) is -0.656. The third-order valence-corrected chi connectivity index (χ3v) is 1.89. The quantitative estimate of drug-likeness (QED) is 0.394. The van der Waals surface area contributed by atoms with Gasteiger partial charge < -0.3 is 9.79 Å². The van der Waals surface area contributed by atoms with Crippen LogP contribution >= 0.6 is 7.60 Å². The summed E-state index contributed by atoms with van der Waals surface area (Å²) in [5.41, 5.74) is -0.666. The van der Waals surface area contributed by atoms with Crippen molar-refractivity contribution >= 4 is 13.4 Å². The standard InChI is InChI=1S/C6H13O4P.Na/c1-6(2,3)5(7)4-11(8,9)10;/h4H2,1-3H3,(H2,8,9,10);/q;+1. The molecule has 0 unspecified atom stereocenters. The molecule has 0 bridgehead atoms. The van der Waals surface area contributed by atoms with Crippen LogP contribution in [-0.4, -0.2) is 21.7 Å². The molecule has 66 valence electrons. The van der Waals surface area contributed by atoms with Crippen molar-refractivity contribution in [1.82, 2.24) is 0 Å². The second-order valence-corrected chi connectivity index (χ2v) is 5.14. The van der Waals surface area contributed by atoms with Crippen LogP contribution in [0.2, 0.25) is 0 Å². The van der Waals surface area contributed by atoms with E-state index in [1.165, 1.54) is 0 Å². The molecule has 0 saturated carbocycles. The SMILES string of the molecule is CC(C)(C)C(=O)CP(=O)(O)O.[Na+]. The zero-order valence-electron chi connectivity index (χ0n) is 7.87. The van der Waals surface area contributed by atoms with Crippen LogP contribution in [0.3, 0.4) is 0 Å². The minimum absolute atomic E-state index is 0. The summed E-state index contributed by atoms with van der Waals surface area (Å²) in [5.74, 6) is -0.411. The van der Waals surface area contributed by atoms with Crippen LogP contribution in [0.5, 0.6) is 0 Å². The Balaban J connectivity index is 0. The van der Waals surface area contributed by atoms with Gasteiger partial charge in [-0.2, -0.15) is 0 Å². The van der Waals surface area contributed by atoms with E-state index in [4.69, 9.17) is 9.79 Å². The van der Waals surface area contributed by atoms with Crippen LogP contribution in [0.15, 0.2) is 0 Å². The summed E-state index contributed by atoms with van der Waals surface area (Å²) in [6.45, 7) is 4.89. The topological polar surface area (TPSA) is 74.6 Å². The van der Waals surface area contributed by atoms with E-state index in [2.05, 4.69) is 0 Å². The van der Waals surface area contributed by atoms with Crippen molar-refractivity contribution in [2.75, 3.05) is 6.16 Å². The van der Waals surface area contributed by atoms with Gasteiger partial charge in [0, 0.05) is 5.41 Å². The summed E-state index contributed by atoms with van der Waals surface area (Å²) in [6, 6.07) is 0. The second kappa shape index (κ2) is 4.89. The monoisotopic (exact) mass is 203 g/mol. The van der Waals surface area contributed by atoms with Crippen molar-refractivity contribution < 1.29 is 48.7 Å². The van der Waals surface area contributed by atoms with Gasteiger partial charge in [0.05, 0.1) is 0 Å². The first kappa shape index (κ1) is 15.3. The maximum absolute atomic E-state index is 11.0. The number of rotatable bonds is 2. The minimum Gasteiger partial charge on any atom is -0.324 e. The Hall–Kier alpha value is 0.820. The van der Waals surface area contributed by atoms with E-state index in [9.17, 15) is 9.36 Å². The number of ketones is 1. The third kappa shape index (κ3) is 7.47. The average molecular weight is 203 g/mol. The van der Waals surface area contributed by atoms with E-state index >= 15 is 0 Å². The molecule has 0 aromatic rings. The van der Waals surface area contributed by atoms with Gasteiger partial charge in [0.2, 0.25) is 0 Å². The van der Waals surface area contributed by atoms with Crippen molar-refractivity contribution in [3.63, 3.8) is 0 Å². The van der Waals surface area contributed by atoms with Crippen molar-refractivity contribution in [1.29, 1.82) is 0 Å². The fourth-order valence-electron chi connectivity index (χ4n) is 0.424. The largest absolute Gasteiger partial charge is 1.00 e. The molecule has 0 aromatic heterocycles. The first-order valence-corrected chi connectivity index (χ1v) is 5.00. The number of carbonyl (C=O) groups excluding carboxylic acids is 1. The van der Waals surface area contributed by atoms with Gasteiger partial charge in [-0.15, -0.1) is 0 Å². The normalized spacial score (nSPS) is 12.1. The third-order valence-electron chi connectivity index (χ3n) is 1.19. The molecule has 2 N–H and O–H groups in total. The van der Waals surface area contributed by atoms with E-state index in [1.54, 1.807) is 20.8 Å². The molecule has 6 heteroatoms. The first-order valence-electron chi connectivity index (χ1n) is 3.21. The molecule has 0 aliphatic rings. The summed E-state index contributed by atoms with van der Waals surface area (Å²) >= 11 is 0. The molecular weight excluding hydrogens is 190 g/mol. The van der Waals surface area contributed by atoms with Crippen LogP contribution in [-0.2, 0) is 9.36 Å². The van der Waals surface area contributed by atoms with Gasteiger partial charge in [0.25, 0.3) is 0 Å². The number of hydrogen-bond acceptors (Lipinski definition) is 2. The van der Waals surface area contributed by atoms with Gasteiger partial charge in [-0.05, 0) is 0 Å². The fourth-order valence-corrected chi connectivity index (χ4v) is 1.27. The predicted molar refractivity (Wildman–Crippen MR) is 41.4 cm³/mol. The molecule has 0 aromatic carbocycles. The number of Topliss-reactive ketones (excluding diaryl/α,β-unsaturated/α-hetero) is 1. The van der Waals surface area contributed by atoms with Gasteiger partial charge in [0.15, 0.2) is 0 Å². The van der Waals surface area contributed by atoms with Crippen LogP contribution in [0.25, 0.3) is 0 Å². The maximum atomic E-state index is 11.0. The number of hydrogen-bond donors (Lipinski definition) is 2. The van der Waals surface area contributed by atoms with Gasteiger partial charge >= 0.3 is 37.2 Å². The Bertz CT molecular complexity index is 202. The van der Waals surface area contributed by atoms with Gasteiger partial charge in [0.1, 0.15) is 11.9 Å². The fraction of sp³-hybridized carbons (Fsp3) is 0.833. The molecule has 0 atom stereocenters. The molecule has 0 fully saturated rings. The molecule has 0 aliphatic heterocycles. The summed E-state index contributed by atoms with van der Waals surface area (Å²) in [7, 11) is -4.17. The Kier molecular flexibility index (Phi) is 6.24. The molecular formula is C6H13NaO4P+. The van der Waals surface area contributed by atoms with Gasteiger partial charge in [-0.3, -0.25) is 9.36 Å². The Labute approximate surface area is 94.2 Å². The molecule has 4 nitrogen and oxygen atoms in total. The summed E-state index contributed by atoms with van der Waals surface area (Å²) in [5, 5.41) is 0. The van der Waals surface area contributed by atoms with E-state index in [-0.39, 0.29) is 29.6 Å². The molecule has 0 rings (SSSR count). The van der Waals surface area contributed by atoms with E-state index in [1.807, 2.05) is 0 Å². The Morgan fingerprint density at radius 3 is 1.75 bits per heavy atom.